The van der Waals surface area contributed by atoms with Gasteiger partial charge in [0.15, 0.2) is 18.1 Å². The second-order valence-corrected chi connectivity index (χ2v) is 8.41. The Morgan fingerprint density at radius 3 is 2.47 bits per heavy atom. The fourth-order valence-electron chi connectivity index (χ4n) is 3.70. The van der Waals surface area contributed by atoms with Gasteiger partial charge >= 0.3 is 6.03 Å². The molecule has 1 heterocycles. The quantitative estimate of drug-likeness (QED) is 0.364. The summed E-state index contributed by atoms with van der Waals surface area (Å²) < 4.78 is 11.1. The van der Waals surface area contributed by atoms with E-state index in [9.17, 15) is 14.4 Å². The summed E-state index contributed by atoms with van der Waals surface area (Å²) in [5, 5.41) is 5.43. The molecule has 8 heteroatoms. The van der Waals surface area contributed by atoms with Gasteiger partial charge in [0.05, 0.1) is 13.7 Å². The Balaban J connectivity index is 1.41. The van der Waals surface area contributed by atoms with Crippen molar-refractivity contribution in [3.05, 3.63) is 94.7 Å². The molecule has 1 fully saturated rings. The van der Waals surface area contributed by atoms with Gasteiger partial charge in [0.25, 0.3) is 11.8 Å². The number of carbonyl (C=O) groups excluding carboxylic acids is 3. The van der Waals surface area contributed by atoms with Crippen LogP contribution in [0.15, 0.2) is 72.4 Å². The molecule has 8 nitrogen and oxygen atoms in total. The summed E-state index contributed by atoms with van der Waals surface area (Å²) in [5.41, 5.74) is 4.58. The van der Waals surface area contributed by atoms with E-state index < -0.39 is 11.9 Å². The zero-order valence-corrected chi connectivity index (χ0v) is 20.3. The Hall–Kier alpha value is -4.59. The molecule has 1 saturated heterocycles. The molecule has 4 rings (SSSR count). The van der Waals surface area contributed by atoms with E-state index in [1.165, 1.54) is 7.11 Å². The largest absolute Gasteiger partial charge is 0.493 e. The van der Waals surface area contributed by atoms with E-state index in [2.05, 4.69) is 10.6 Å². The Kier molecular flexibility index (Phi) is 7.34. The smallest absolute Gasteiger partial charge is 0.329 e. The molecule has 1 aliphatic rings. The number of ether oxygens (including phenoxy) is 2. The van der Waals surface area contributed by atoms with Crippen LogP contribution in [0.5, 0.6) is 11.5 Å². The Labute approximate surface area is 209 Å². The number of urea groups is 1. The summed E-state index contributed by atoms with van der Waals surface area (Å²) >= 11 is 0. The van der Waals surface area contributed by atoms with Crippen molar-refractivity contribution in [2.45, 2.75) is 20.4 Å². The molecule has 0 unspecified atom stereocenters. The number of hydrogen-bond acceptors (Lipinski definition) is 5. The van der Waals surface area contributed by atoms with E-state index in [0.29, 0.717) is 22.7 Å². The lowest BCUT2D eigenvalue weighted by atomic mass is 10.1. The van der Waals surface area contributed by atoms with Crippen LogP contribution < -0.4 is 20.1 Å². The van der Waals surface area contributed by atoms with Gasteiger partial charge in [-0.25, -0.2) is 4.79 Å². The van der Waals surface area contributed by atoms with Crippen molar-refractivity contribution < 1.29 is 23.9 Å². The van der Waals surface area contributed by atoms with Gasteiger partial charge in [-0.15, -0.1) is 0 Å². The van der Waals surface area contributed by atoms with Crippen LogP contribution in [0.2, 0.25) is 0 Å². The van der Waals surface area contributed by atoms with Crippen LogP contribution in [0.1, 0.15) is 22.3 Å². The van der Waals surface area contributed by atoms with Crippen LogP contribution in [0.4, 0.5) is 10.5 Å². The van der Waals surface area contributed by atoms with Crippen LogP contribution in [0, 0.1) is 13.8 Å². The van der Waals surface area contributed by atoms with Crippen LogP contribution in [-0.4, -0.2) is 36.5 Å². The summed E-state index contributed by atoms with van der Waals surface area (Å²) in [4.78, 5) is 38.6. The van der Waals surface area contributed by atoms with Gasteiger partial charge in [0.2, 0.25) is 0 Å². The van der Waals surface area contributed by atoms with Gasteiger partial charge in [-0.1, -0.05) is 42.5 Å². The third-order valence-electron chi connectivity index (χ3n) is 5.79. The molecule has 0 aromatic heterocycles. The third-order valence-corrected chi connectivity index (χ3v) is 5.79. The molecule has 0 atom stereocenters. The first kappa shape index (κ1) is 24.5. The summed E-state index contributed by atoms with van der Waals surface area (Å²) in [6.45, 7) is 3.97. The molecule has 36 heavy (non-hydrogen) atoms. The average Bonchev–Trinajstić information content (AvgIpc) is 3.13. The molecular weight excluding hydrogens is 458 g/mol. The molecule has 3 aromatic rings. The third kappa shape index (κ3) is 5.72. The molecule has 4 amide bonds. The minimum absolute atomic E-state index is 0.166. The SMILES string of the molecule is COc1cc(/C=C2/NC(=O)N(Cc3ccccc3)C2=O)ccc1OCC(=O)Nc1ccc(C)c(C)c1. The van der Waals surface area contributed by atoms with Crippen molar-refractivity contribution in [3.63, 3.8) is 0 Å². The van der Waals surface area contributed by atoms with Crippen molar-refractivity contribution in [1.82, 2.24) is 10.2 Å². The number of aryl methyl sites for hydroxylation is 2. The molecule has 184 valence electrons. The predicted octanol–water partition coefficient (Wildman–Crippen LogP) is 4.42. The summed E-state index contributed by atoms with van der Waals surface area (Å²) in [7, 11) is 1.48. The molecule has 0 saturated carbocycles. The number of anilines is 1. The normalized spacial score (nSPS) is 14.1. The van der Waals surface area contributed by atoms with Crippen molar-refractivity contribution in [1.29, 1.82) is 0 Å². The zero-order chi connectivity index (χ0) is 25.7. The molecule has 0 spiro atoms. The first-order valence-electron chi connectivity index (χ1n) is 11.4. The van der Waals surface area contributed by atoms with Crippen LogP contribution in [-0.2, 0) is 16.1 Å². The van der Waals surface area contributed by atoms with Gasteiger partial charge in [0, 0.05) is 5.69 Å². The first-order valence-corrected chi connectivity index (χ1v) is 11.4. The topological polar surface area (TPSA) is 97.0 Å². The minimum atomic E-state index is -0.475. The molecule has 3 aromatic carbocycles. The molecule has 0 aliphatic carbocycles. The highest BCUT2D eigenvalue weighted by molar-refractivity contribution is 6.13. The maximum atomic E-state index is 12.8. The predicted molar refractivity (Wildman–Crippen MR) is 137 cm³/mol. The Morgan fingerprint density at radius 1 is 0.972 bits per heavy atom. The van der Waals surface area contributed by atoms with Gasteiger partial charge in [-0.05, 0) is 66.4 Å². The van der Waals surface area contributed by atoms with Crippen LogP contribution in [0.25, 0.3) is 6.08 Å². The molecule has 0 radical (unpaired) electrons. The average molecular weight is 486 g/mol. The zero-order valence-electron chi connectivity index (χ0n) is 20.3. The van der Waals surface area contributed by atoms with Gasteiger partial charge in [-0.3, -0.25) is 14.5 Å². The number of amides is 4. The number of nitrogens with one attached hydrogen (secondary N) is 2. The number of rotatable bonds is 8. The second kappa shape index (κ2) is 10.8. The monoisotopic (exact) mass is 485 g/mol. The number of hydrogen-bond donors (Lipinski definition) is 2. The number of nitrogens with zero attached hydrogens (tertiary/aromatic N) is 1. The van der Waals surface area contributed by atoms with E-state index in [4.69, 9.17) is 9.47 Å². The second-order valence-electron chi connectivity index (χ2n) is 8.41. The molecule has 2 N–H and O–H groups in total. The fraction of sp³-hybridized carbons (Fsp3) is 0.179. The van der Waals surface area contributed by atoms with Gasteiger partial charge in [0.1, 0.15) is 5.70 Å². The molecular formula is C28H27N3O5. The maximum absolute atomic E-state index is 12.8. The Morgan fingerprint density at radius 2 is 1.75 bits per heavy atom. The lowest BCUT2D eigenvalue weighted by Crippen LogP contribution is -2.30. The standard InChI is InChI=1S/C28H27N3O5/c1-18-9-11-22(13-19(18)2)29-26(32)17-36-24-12-10-21(15-25(24)35-3)14-23-27(33)31(28(34)30-23)16-20-7-5-4-6-8-20/h4-15H,16-17H2,1-3H3,(H,29,32)(H,30,34)/b23-14+. The number of benzene rings is 3. The lowest BCUT2D eigenvalue weighted by Gasteiger charge is -2.12. The Bertz CT molecular complexity index is 1330. The maximum Gasteiger partial charge on any atom is 0.329 e. The molecule has 0 bridgehead atoms. The summed E-state index contributed by atoms with van der Waals surface area (Å²) in [5.74, 6) is 0.0547. The minimum Gasteiger partial charge on any atom is -0.493 e. The van der Waals surface area contributed by atoms with Crippen molar-refractivity contribution in [2.75, 3.05) is 19.0 Å². The highest BCUT2D eigenvalue weighted by Crippen LogP contribution is 2.29. The number of imide groups is 1. The highest BCUT2D eigenvalue weighted by atomic mass is 16.5. The summed E-state index contributed by atoms with van der Waals surface area (Å²) in [6, 6.07) is 19.5. The van der Waals surface area contributed by atoms with Gasteiger partial charge < -0.3 is 20.1 Å². The van der Waals surface area contributed by atoms with Crippen molar-refractivity contribution >= 4 is 29.6 Å². The van der Waals surface area contributed by atoms with E-state index >= 15 is 0 Å². The van der Waals surface area contributed by atoms with Crippen LogP contribution >= 0.6 is 0 Å². The van der Waals surface area contributed by atoms with E-state index in [0.717, 1.165) is 21.6 Å². The van der Waals surface area contributed by atoms with Gasteiger partial charge in [-0.2, -0.15) is 0 Å². The van der Waals surface area contributed by atoms with Crippen molar-refractivity contribution in [3.8, 4) is 11.5 Å². The molecule has 1 aliphatic heterocycles. The highest BCUT2D eigenvalue weighted by Gasteiger charge is 2.33. The fourth-order valence-corrected chi connectivity index (χ4v) is 3.70. The lowest BCUT2D eigenvalue weighted by molar-refractivity contribution is -0.123. The first-order chi connectivity index (χ1) is 17.3. The summed E-state index contributed by atoms with van der Waals surface area (Å²) in [6.07, 6.45) is 1.57. The van der Waals surface area contributed by atoms with Crippen molar-refractivity contribution in [2.24, 2.45) is 0 Å². The van der Waals surface area contributed by atoms with E-state index in [1.807, 2.05) is 62.4 Å². The number of carbonyl (C=O) groups is 3. The van der Waals surface area contributed by atoms with E-state index in [-0.39, 0.29) is 24.8 Å². The van der Waals surface area contributed by atoms with Crippen LogP contribution in [0.3, 0.4) is 0 Å². The van der Waals surface area contributed by atoms with E-state index in [1.54, 1.807) is 24.3 Å². The number of methoxy groups -OCH3 is 1.